The highest BCUT2D eigenvalue weighted by Gasteiger charge is 2.28. The Kier molecular flexibility index (Phi) is 10.5. The van der Waals surface area contributed by atoms with E-state index in [9.17, 15) is 0 Å². The van der Waals surface area contributed by atoms with Crippen LogP contribution < -0.4 is 10.2 Å². The minimum Gasteiger partial charge on any atom is -0.337 e. The molecule has 5 rings (SSSR count). The van der Waals surface area contributed by atoms with Gasteiger partial charge >= 0.3 is 0 Å². The van der Waals surface area contributed by atoms with Crippen LogP contribution in [0.2, 0.25) is 0 Å². The first-order chi connectivity index (χ1) is 21.8. The number of hydrogen-bond acceptors (Lipinski definition) is 2. The third-order valence-electron chi connectivity index (χ3n) is 8.88. The van der Waals surface area contributed by atoms with E-state index in [-0.39, 0.29) is 6.04 Å². The van der Waals surface area contributed by atoms with E-state index in [0.29, 0.717) is 14.5 Å². The van der Waals surface area contributed by atoms with Crippen molar-refractivity contribution < 1.29 is 0 Å². The van der Waals surface area contributed by atoms with E-state index in [1.807, 2.05) is 23.9 Å². The molecule has 0 aliphatic heterocycles. The van der Waals surface area contributed by atoms with Crippen LogP contribution >= 0.6 is 20.3 Å². The van der Waals surface area contributed by atoms with Crippen molar-refractivity contribution in [3.05, 3.63) is 150 Å². The number of aryl methyl sites for hydroxylation is 3. The topological polar surface area (TPSA) is 3.24 Å². The van der Waals surface area contributed by atoms with Gasteiger partial charge in [0.25, 0.3) is 0 Å². The molecular weight excluding hydrogens is 582 g/mol. The summed E-state index contributed by atoms with van der Waals surface area (Å²) in [6.07, 6.45) is 3.96. The first-order valence-electron chi connectivity index (χ1n) is 15.7. The maximum absolute atomic E-state index is 4.24. The summed E-state index contributed by atoms with van der Waals surface area (Å²) < 4.78 is 0. The smallest absolute Gasteiger partial charge is 0.0502 e. The number of nitrogens with zero attached hydrogens (tertiary/aromatic N) is 1. The van der Waals surface area contributed by atoms with Gasteiger partial charge in [-0.05, 0) is 103 Å². The molecule has 3 atom stereocenters. The maximum atomic E-state index is 4.24. The van der Waals surface area contributed by atoms with Crippen LogP contribution in [-0.4, -0.2) is 12.7 Å². The molecule has 0 aromatic heterocycles. The molecule has 5 aromatic rings. The molecule has 228 valence electrons. The number of rotatable bonds is 11. The van der Waals surface area contributed by atoms with Gasteiger partial charge in [0.15, 0.2) is 0 Å². The van der Waals surface area contributed by atoms with E-state index >= 15 is 0 Å². The summed E-state index contributed by atoms with van der Waals surface area (Å²) >= 11 is 1.85. The molecule has 0 aliphatic rings. The van der Waals surface area contributed by atoms with Crippen molar-refractivity contribution in [3.63, 3.8) is 0 Å². The Hall–Kier alpha value is -3.84. The van der Waals surface area contributed by atoms with Crippen molar-refractivity contribution in [2.75, 3.05) is 11.6 Å². The quantitative estimate of drug-likeness (QED) is 0.134. The molecule has 0 radical (unpaired) electrons. The van der Waals surface area contributed by atoms with Crippen LogP contribution in [0.5, 0.6) is 0 Å². The van der Waals surface area contributed by atoms with E-state index in [2.05, 4.69) is 162 Å². The van der Waals surface area contributed by atoms with Crippen LogP contribution in [0.15, 0.2) is 126 Å². The summed E-state index contributed by atoms with van der Waals surface area (Å²) in [4.78, 5) is 5.10. The average Bonchev–Trinajstić information content (AvgIpc) is 3.05. The zero-order valence-electron chi connectivity index (χ0n) is 27.4. The second kappa shape index (κ2) is 14.5. The SMILES string of the molecule is C=Cc1c(Sc2cc(C)cc(N(c3ccccc3C)C(C)C(C)c3ccccc3C)c2PC)ccc(-c2ccccc2)c1C=C. The lowest BCUT2D eigenvalue weighted by molar-refractivity contribution is 0.594. The Morgan fingerprint density at radius 1 is 0.689 bits per heavy atom. The van der Waals surface area contributed by atoms with Gasteiger partial charge in [0.2, 0.25) is 0 Å². The van der Waals surface area contributed by atoms with Gasteiger partial charge < -0.3 is 4.90 Å². The predicted octanol–water partition coefficient (Wildman–Crippen LogP) is 12.0. The van der Waals surface area contributed by atoms with E-state index in [4.69, 9.17) is 0 Å². The molecular formula is C42H44NPS. The Morgan fingerprint density at radius 2 is 1.33 bits per heavy atom. The molecule has 0 amide bonds. The van der Waals surface area contributed by atoms with Crippen molar-refractivity contribution in [2.45, 2.75) is 56.4 Å². The zero-order chi connectivity index (χ0) is 32.1. The van der Waals surface area contributed by atoms with Crippen molar-refractivity contribution >= 4 is 49.2 Å². The van der Waals surface area contributed by atoms with E-state index in [0.717, 1.165) is 11.1 Å². The fraction of sp³-hybridized carbons (Fsp3) is 0.190. The summed E-state index contributed by atoms with van der Waals surface area (Å²) in [5.74, 6) is 0.323. The van der Waals surface area contributed by atoms with E-state index in [1.165, 1.54) is 59.9 Å². The Morgan fingerprint density at radius 3 is 1.98 bits per heavy atom. The van der Waals surface area contributed by atoms with Crippen LogP contribution in [0.3, 0.4) is 0 Å². The lowest BCUT2D eigenvalue weighted by atomic mass is 9.89. The highest BCUT2D eigenvalue weighted by atomic mass is 32.2. The van der Waals surface area contributed by atoms with Gasteiger partial charge in [0.1, 0.15) is 0 Å². The second-order valence-electron chi connectivity index (χ2n) is 11.8. The third kappa shape index (κ3) is 6.74. The molecule has 0 aliphatic carbocycles. The monoisotopic (exact) mass is 625 g/mol. The largest absolute Gasteiger partial charge is 0.337 e. The van der Waals surface area contributed by atoms with Gasteiger partial charge in [-0.15, -0.1) is 0 Å². The minimum absolute atomic E-state index is 0.225. The number of anilines is 2. The summed E-state index contributed by atoms with van der Waals surface area (Å²) in [6, 6.07) is 37.7. The number of benzene rings is 5. The summed E-state index contributed by atoms with van der Waals surface area (Å²) in [5, 5.41) is 1.39. The van der Waals surface area contributed by atoms with Crippen LogP contribution in [-0.2, 0) is 0 Å². The Bertz CT molecular complexity index is 1820. The molecule has 45 heavy (non-hydrogen) atoms. The van der Waals surface area contributed by atoms with Crippen LogP contribution in [0.4, 0.5) is 11.4 Å². The molecule has 0 bridgehead atoms. The molecule has 0 fully saturated rings. The van der Waals surface area contributed by atoms with E-state index in [1.54, 1.807) is 0 Å². The van der Waals surface area contributed by atoms with Crippen LogP contribution in [0.25, 0.3) is 23.3 Å². The van der Waals surface area contributed by atoms with Gasteiger partial charge in [0, 0.05) is 32.7 Å². The van der Waals surface area contributed by atoms with Gasteiger partial charge in [-0.3, -0.25) is 0 Å². The number of hydrogen-bond donors (Lipinski definition) is 0. The fourth-order valence-corrected chi connectivity index (χ4v) is 8.72. The summed E-state index contributed by atoms with van der Waals surface area (Å²) in [7, 11) is 0.622. The fourth-order valence-electron chi connectivity index (χ4n) is 6.36. The van der Waals surface area contributed by atoms with Gasteiger partial charge in [0.05, 0.1) is 5.69 Å². The predicted molar refractivity (Wildman–Crippen MR) is 204 cm³/mol. The van der Waals surface area contributed by atoms with Crippen molar-refractivity contribution in [1.82, 2.24) is 0 Å². The lowest BCUT2D eigenvalue weighted by Gasteiger charge is -2.38. The molecule has 0 spiro atoms. The normalized spacial score (nSPS) is 12.7. The average molecular weight is 626 g/mol. The maximum Gasteiger partial charge on any atom is 0.0502 e. The molecule has 0 saturated carbocycles. The second-order valence-corrected chi connectivity index (χ2v) is 13.8. The highest BCUT2D eigenvalue weighted by molar-refractivity contribution is 8.00. The lowest BCUT2D eigenvalue weighted by Crippen LogP contribution is -2.36. The van der Waals surface area contributed by atoms with Crippen LogP contribution in [0.1, 0.15) is 53.1 Å². The molecule has 0 N–H and O–H groups in total. The zero-order valence-corrected chi connectivity index (χ0v) is 29.2. The van der Waals surface area contributed by atoms with E-state index < -0.39 is 0 Å². The van der Waals surface area contributed by atoms with Crippen molar-refractivity contribution in [3.8, 4) is 11.1 Å². The minimum atomic E-state index is 0.225. The molecule has 1 nitrogen and oxygen atoms in total. The first kappa shape index (κ1) is 32.6. The summed E-state index contributed by atoms with van der Waals surface area (Å²) in [6.45, 7) is 22.2. The van der Waals surface area contributed by atoms with Gasteiger partial charge in [-0.25, -0.2) is 0 Å². The molecule has 3 unspecified atom stereocenters. The molecule has 0 heterocycles. The molecule has 0 saturated heterocycles. The summed E-state index contributed by atoms with van der Waals surface area (Å²) in [5.41, 5.74) is 12.5. The highest BCUT2D eigenvalue weighted by Crippen LogP contribution is 2.43. The molecule has 3 heteroatoms. The standard InChI is InChI=1S/C42H44NPS/c1-9-34-35(10-2)40(25-24-37(34)33-20-12-11-13-21-33)45-41-27-28(3)26-39(42(41)44-8)43(38-23-17-15-19-30(38)5)32(7)31(6)36-22-16-14-18-29(36)4/h9-27,31-32,44H,1-2H2,3-8H3. The van der Waals surface area contributed by atoms with Crippen molar-refractivity contribution in [1.29, 1.82) is 0 Å². The van der Waals surface area contributed by atoms with Crippen molar-refractivity contribution in [2.24, 2.45) is 0 Å². The van der Waals surface area contributed by atoms with Gasteiger partial charge in [-0.1, -0.05) is 131 Å². The Balaban J connectivity index is 1.66. The van der Waals surface area contributed by atoms with Crippen LogP contribution in [0, 0.1) is 20.8 Å². The Labute approximate surface area is 276 Å². The molecule has 5 aromatic carbocycles. The third-order valence-corrected chi connectivity index (χ3v) is 11.2. The van der Waals surface area contributed by atoms with Gasteiger partial charge in [-0.2, -0.15) is 0 Å². The number of para-hydroxylation sites is 1. The first-order valence-corrected chi connectivity index (χ1v) is 18.0.